The van der Waals surface area contributed by atoms with Crippen molar-refractivity contribution in [2.45, 2.75) is 19.1 Å². The number of halogens is 3. The number of hydrogen-bond acceptors (Lipinski definition) is 4. The number of urea groups is 2. The topological polar surface area (TPSA) is 98.1 Å². The summed E-state index contributed by atoms with van der Waals surface area (Å²) in [6, 6.07) is 8.83. The first-order chi connectivity index (χ1) is 14.2. The van der Waals surface area contributed by atoms with Crippen molar-refractivity contribution in [1.29, 1.82) is 5.26 Å². The number of alkyl halides is 3. The van der Waals surface area contributed by atoms with Gasteiger partial charge in [0.15, 0.2) is 0 Å². The molecule has 1 unspecified atom stereocenters. The Morgan fingerprint density at radius 1 is 1.27 bits per heavy atom. The van der Waals surface area contributed by atoms with Gasteiger partial charge in [0.05, 0.1) is 11.6 Å². The fourth-order valence-electron chi connectivity index (χ4n) is 3.10. The van der Waals surface area contributed by atoms with Gasteiger partial charge in [0.2, 0.25) is 0 Å². The molecule has 1 atom stereocenters. The SMILES string of the molecule is CC1=C(C#N)C(c2cccc(-c3ccncc3)c2)N(C(=O)NCC(F)(F)F)C(=O)N1. The van der Waals surface area contributed by atoms with Crippen LogP contribution < -0.4 is 10.6 Å². The van der Waals surface area contributed by atoms with E-state index in [1.165, 1.54) is 6.92 Å². The number of benzene rings is 1. The second-order valence-electron chi connectivity index (χ2n) is 6.49. The molecular formula is C20H16F3N5O2. The first-order valence-electron chi connectivity index (χ1n) is 8.77. The van der Waals surface area contributed by atoms with Crippen LogP contribution in [-0.2, 0) is 0 Å². The van der Waals surface area contributed by atoms with Gasteiger partial charge in [0.25, 0.3) is 0 Å². The third-order valence-electron chi connectivity index (χ3n) is 4.44. The molecule has 0 spiro atoms. The van der Waals surface area contributed by atoms with Crippen molar-refractivity contribution < 1.29 is 22.8 Å². The second-order valence-corrected chi connectivity index (χ2v) is 6.49. The van der Waals surface area contributed by atoms with Crippen LogP contribution in [-0.4, -0.2) is 34.7 Å². The minimum atomic E-state index is -4.65. The van der Waals surface area contributed by atoms with E-state index in [1.807, 2.05) is 6.07 Å². The van der Waals surface area contributed by atoms with Gasteiger partial charge in [0.1, 0.15) is 12.6 Å². The third kappa shape index (κ3) is 4.41. The van der Waals surface area contributed by atoms with Crippen LogP contribution in [0, 0.1) is 11.3 Å². The highest BCUT2D eigenvalue weighted by Gasteiger charge is 2.40. The maximum Gasteiger partial charge on any atom is 0.405 e. The van der Waals surface area contributed by atoms with Crippen LogP contribution in [0.4, 0.5) is 22.8 Å². The average Bonchev–Trinajstić information content (AvgIpc) is 2.72. The molecule has 7 nitrogen and oxygen atoms in total. The molecule has 1 aliphatic heterocycles. The Balaban J connectivity index is 2.05. The summed E-state index contributed by atoms with van der Waals surface area (Å²) in [6.07, 6.45) is -1.46. The summed E-state index contributed by atoms with van der Waals surface area (Å²) in [5, 5.41) is 13.7. The molecule has 0 aliphatic carbocycles. The summed E-state index contributed by atoms with van der Waals surface area (Å²) in [5.41, 5.74) is 2.20. The van der Waals surface area contributed by atoms with Gasteiger partial charge in [-0.3, -0.25) is 4.98 Å². The van der Waals surface area contributed by atoms with Crippen LogP contribution in [0.1, 0.15) is 18.5 Å². The molecule has 30 heavy (non-hydrogen) atoms. The summed E-state index contributed by atoms with van der Waals surface area (Å²) in [4.78, 5) is 29.5. The summed E-state index contributed by atoms with van der Waals surface area (Å²) in [6.45, 7) is -0.120. The van der Waals surface area contributed by atoms with Crippen molar-refractivity contribution in [3.8, 4) is 17.2 Å². The number of nitrogens with zero attached hydrogens (tertiary/aromatic N) is 3. The molecule has 0 bridgehead atoms. The molecule has 2 aromatic rings. The van der Waals surface area contributed by atoms with E-state index in [1.54, 1.807) is 54.1 Å². The quantitative estimate of drug-likeness (QED) is 0.795. The van der Waals surface area contributed by atoms with E-state index in [-0.39, 0.29) is 11.3 Å². The van der Waals surface area contributed by atoms with Gasteiger partial charge in [0, 0.05) is 18.1 Å². The molecule has 2 heterocycles. The molecule has 10 heteroatoms. The molecule has 0 saturated carbocycles. The number of allylic oxidation sites excluding steroid dienone is 1. The first kappa shape index (κ1) is 20.9. The number of pyridine rings is 1. The molecule has 154 valence electrons. The van der Waals surface area contributed by atoms with Gasteiger partial charge in [-0.15, -0.1) is 0 Å². The lowest BCUT2D eigenvalue weighted by atomic mass is 9.92. The zero-order valence-corrected chi connectivity index (χ0v) is 15.7. The fourth-order valence-corrected chi connectivity index (χ4v) is 3.10. The van der Waals surface area contributed by atoms with E-state index in [0.717, 1.165) is 11.1 Å². The number of amides is 4. The Morgan fingerprint density at radius 3 is 2.60 bits per heavy atom. The minimum Gasteiger partial charge on any atom is -0.328 e. The zero-order valence-electron chi connectivity index (χ0n) is 15.7. The van der Waals surface area contributed by atoms with Crippen molar-refractivity contribution in [2.24, 2.45) is 0 Å². The predicted octanol–water partition coefficient (Wildman–Crippen LogP) is 3.88. The van der Waals surface area contributed by atoms with Gasteiger partial charge in [-0.05, 0) is 41.8 Å². The van der Waals surface area contributed by atoms with Gasteiger partial charge in [-0.25, -0.2) is 14.5 Å². The summed E-state index contributed by atoms with van der Waals surface area (Å²) in [5.74, 6) is 0. The maximum atomic E-state index is 12.5. The van der Waals surface area contributed by atoms with Crippen LogP contribution in [0.2, 0.25) is 0 Å². The van der Waals surface area contributed by atoms with E-state index in [2.05, 4.69) is 10.3 Å². The van der Waals surface area contributed by atoms with Crippen LogP contribution in [0.25, 0.3) is 11.1 Å². The number of rotatable bonds is 3. The largest absolute Gasteiger partial charge is 0.405 e. The Morgan fingerprint density at radius 2 is 1.97 bits per heavy atom. The molecule has 0 fully saturated rings. The highest BCUT2D eigenvalue weighted by Crippen LogP contribution is 2.35. The zero-order chi connectivity index (χ0) is 21.9. The van der Waals surface area contributed by atoms with E-state index >= 15 is 0 Å². The number of nitrogens with one attached hydrogen (secondary N) is 2. The number of hydrogen-bond donors (Lipinski definition) is 2. The fraction of sp³-hybridized carbons (Fsp3) is 0.200. The molecular weight excluding hydrogens is 399 g/mol. The number of carbonyl (C=O) groups is 2. The summed E-state index contributed by atoms with van der Waals surface area (Å²) < 4.78 is 37.6. The molecule has 4 amide bonds. The number of imide groups is 1. The first-order valence-corrected chi connectivity index (χ1v) is 8.77. The van der Waals surface area contributed by atoms with E-state index in [9.17, 15) is 28.0 Å². The average molecular weight is 415 g/mol. The van der Waals surface area contributed by atoms with Crippen LogP contribution in [0.3, 0.4) is 0 Å². The molecule has 2 N–H and O–H groups in total. The third-order valence-corrected chi connectivity index (χ3v) is 4.44. The van der Waals surface area contributed by atoms with Crippen molar-refractivity contribution >= 4 is 12.1 Å². The van der Waals surface area contributed by atoms with Crippen LogP contribution in [0.5, 0.6) is 0 Å². The van der Waals surface area contributed by atoms with Gasteiger partial charge >= 0.3 is 18.2 Å². The Kier molecular flexibility index (Phi) is 5.73. The normalized spacial score (nSPS) is 16.7. The number of carbonyl (C=O) groups excluding carboxylic acids is 2. The van der Waals surface area contributed by atoms with E-state index < -0.39 is 30.8 Å². The van der Waals surface area contributed by atoms with Crippen LogP contribution >= 0.6 is 0 Å². The molecule has 0 saturated heterocycles. The summed E-state index contributed by atoms with van der Waals surface area (Å²) in [7, 11) is 0. The Labute approximate surface area is 169 Å². The van der Waals surface area contributed by atoms with Gasteiger partial charge in [-0.2, -0.15) is 18.4 Å². The lowest BCUT2D eigenvalue weighted by Crippen LogP contribution is -2.54. The van der Waals surface area contributed by atoms with Crippen molar-refractivity contribution in [3.63, 3.8) is 0 Å². The smallest absolute Gasteiger partial charge is 0.328 e. The van der Waals surface area contributed by atoms with Gasteiger partial charge in [-0.1, -0.05) is 18.2 Å². The molecule has 3 rings (SSSR count). The van der Waals surface area contributed by atoms with Crippen molar-refractivity contribution in [3.05, 3.63) is 65.6 Å². The number of aromatic nitrogens is 1. The number of nitriles is 1. The standard InChI is InChI=1S/C20H16F3N5O2/c1-12-16(10-24)17(28(19(30)27-12)18(29)26-11-20(21,22)23)15-4-2-3-14(9-15)13-5-7-25-8-6-13/h2-9,17H,11H2,1H3,(H,26,29)(H,27,30). The van der Waals surface area contributed by atoms with E-state index in [4.69, 9.17) is 0 Å². The van der Waals surface area contributed by atoms with Crippen molar-refractivity contribution in [2.75, 3.05) is 6.54 Å². The van der Waals surface area contributed by atoms with Crippen molar-refractivity contribution in [1.82, 2.24) is 20.5 Å². The Hall–Kier alpha value is -3.87. The molecule has 1 aromatic heterocycles. The molecule has 0 radical (unpaired) electrons. The monoisotopic (exact) mass is 415 g/mol. The Bertz CT molecular complexity index is 1040. The maximum absolute atomic E-state index is 12.5. The predicted molar refractivity (Wildman–Crippen MR) is 101 cm³/mol. The molecule has 1 aromatic carbocycles. The lowest BCUT2D eigenvalue weighted by molar-refractivity contribution is -0.123. The van der Waals surface area contributed by atoms with Gasteiger partial charge < -0.3 is 10.6 Å². The van der Waals surface area contributed by atoms with E-state index in [0.29, 0.717) is 10.5 Å². The minimum absolute atomic E-state index is 0.0450. The summed E-state index contributed by atoms with van der Waals surface area (Å²) >= 11 is 0. The lowest BCUT2D eigenvalue weighted by Gasteiger charge is -2.35. The molecule has 1 aliphatic rings. The second kappa shape index (κ2) is 8.24. The highest BCUT2D eigenvalue weighted by atomic mass is 19.4. The van der Waals surface area contributed by atoms with Crippen LogP contribution in [0.15, 0.2) is 60.1 Å². The highest BCUT2D eigenvalue weighted by molar-refractivity contribution is 5.96.